The Hall–Kier alpha value is -0.250. The Morgan fingerprint density at radius 3 is 2.20 bits per heavy atom. The largest absolute Gasteiger partial charge is 0.479 e. The van der Waals surface area contributed by atoms with Gasteiger partial charge in [-0.05, 0) is 6.92 Å². The number of aliphatic carboxylic acids is 1. The smallest absolute Gasteiger partial charge is 0.341 e. The van der Waals surface area contributed by atoms with E-state index in [0.29, 0.717) is 0 Å². The Labute approximate surface area is 67.9 Å². The maximum atomic E-state index is 10.2. The van der Waals surface area contributed by atoms with Gasteiger partial charge in [0.2, 0.25) is 0 Å². The molecule has 10 heavy (non-hydrogen) atoms. The van der Waals surface area contributed by atoms with Gasteiger partial charge in [0.1, 0.15) is 0 Å². The van der Waals surface area contributed by atoms with Gasteiger partial charge >= 0.3 is 5.97 Å². The summed E-state index contributed by atoms with van der Waals surface area (Å²) < 4.78 is 0. The SMILES string of the molecule is CC(O)(C(=O)O)/C(Cl)=C/Cl. The summed E-state index contributed by atoms with van der Waals surface area (Å²) in [7, 11) is 0. The summed E-state index contributed by atoms with van der Waals surface area (Å²) in [5.74, 6) is -1.44. The molecule has 0 rings (SSSR count). The molecule has 5 heteroatoms. The molecule has 0 saturated heterocycles. The molecule has 0 radical (unpaired) electrons. The molecule has 1 unspecified atom stereocenters. The highest BCUT2D eigenvalue weighted by Crippen LogP contribution is 2.20. The Balaban J connectivity index is 4.56. The molecule has 0 aromatic heterocycles. The van der Waals surface area contributed by atoms with Crippen LogP contribution in [0.2, 0.25) is 0 Å². The summed E-state index contributed by atoms with van der Waals surface area (Å²) in [6.07, 6.45) is 0. The lowest BCUT2D eigenvalue weighted by Gasteiger charge is -2.15. The second-order valence-electron chi connectivity index (χ2n) is 1.83. The van der Waals surface area contributed by atoms with Gasteiger partial charge in [-0.15, -0.1) is 0 Å². The second-order valence-corrected chi connectivity index (χ2v) is 2.46. The zero-order valence-corrected chi connectivity index (χ0v) is 6.65. The minimum Gasteiger partial charge on any atom is -0.479 e. The third kappa shape index (κ3) is 1.87. The molecule has 0 fully saturated rings. The van der Waals surface area contributed by atoms with Gasteiger partial charge in [-0.3, -0.25) is 0 Å². The van der Waals surface area contributed by atoms with Gasteiger partial charge < -0.3 is 10.2 Å². The van der Waals surface area contributed by atoms with Crippen molar-refractivity contribution in [3.05, 3.63) is 10.6 Å². The van der Waals surface area contributed by atoms with Crippen molar-refractivity contribution in [2.24, 2.45) is 0 Å². The molecule has 2 N–H and O–H groups in total. The molecule has 1 atom stereocenters. The number of hydrogen-bond acceptors (Lipinski definition) is 2. The monoisotopic (exact) mass is 184 g/mol. The van der Waals surface area contributed by atoms with Crippen LogP contribution in [-0.2, 0) is 4.79 Å². The van der Waals surface area contributed by atoms with Crippen LogP contribution < -0.4 is 0 Å². The highest BCUT2D eigenvalue weighted by Gasteiger charge is 2.33. The van der Waals surface area contributed by atoms with Crippen molar-refractivity contribution < 1.29 is 15.0 Å². The van der Waals surface area contributed by atoms with Gasteiger partial charge in [-0.25, -0.2) is 4.79 Å². The van der Waals surface area contributed by atoms with Gasteiger partial charge in [0.15, 0.2) is 5.60 Å². The number of aliphatic hydroxyl groups is 1. The van der Waals surface area contributed by atoms with Crippen LogP contribution in [0, 0.1) is 0 Å². The van der Waals surface area contributed by atoms with Crippen LogP contribution in [0.25, 0.3) is 0 Å². The fourth-order valence-electron chi connectivity index (χ4n) is 0.208. The minimum absolute atomic E-state index is 0.318. The molecule has 0 aliphatic carbocycles. The first-order valence-electron chi connectivity index (χ1n) is 2.35. The van der Waals surface area contributed by atoms with Crippen molar-refractivity contribution in [2.45, 2.75) is 12.5 Å². The van der Waals surface area contributed by atoms with Crippen LogP contribution in [-0.4, -0.2) is 21.8 Å². The Morgan fingerprint density at radius 1 is 1.70 bits per heavy atom. The highest BCUT2D eigenvalue weighted by atomic mass is 35.5. The number of rotatable bonds is 2. The summed E-state index contributed by atoms with van der Waals surface area (Å²) in [6.45, 7) is 1.04. The molecule has 0 amide bonds. The van der Waals surface area contributed by atoms with E-state index in [1.807, 2.05) is 0 Å². The van der Waals surface area contributed by atoms with Gasteiger partial charge in [-0.2, -0.15) is 0 Å². The van der Waals surface area contributed by atoms with Crippen molar-refractivity contribution in [3.63, 3.8) is 0 Å². The Bertz CT molecular complexity index is 174. The average molecular weight is 185 g/mol. The van der Waals surface area contributed by atoms with Crippen LogP contribution in [0.4, 0.5) is 0 Å². The standard InChI is InChI=1S/C5H6Cl2O3/c1-5(10,4(8)9)3(7)2-6/h2,10H,1H3,(H,8,9)/b3-2-. The first-order chi connectivity index (χ1) is 4.42. The predicted octanol–water partition coefficient (Wildman–Crippen LogP) is 1.14. The quantitative estimate of drug-likeness (QED) is 0.678. The lowest BCUT2D eigenvalue weighted by molar-refractivity contribution is -0.152. The highest BCUT2D eigenvalue weighted by molar-refractivity contribution is 6.38. The van der Waals surface area contributed by atoms with E-state index in [1.54, 1.807) is 0 Å². The van der Waals surface area contributed by atoms with E-state index in [1.165, 1.54) is 0 Å². The second kappa shape index (κ2) is 3.23. The first kappa shape index (κ1) is 9.75. The maximum Gasteiger partial charge on any atom is 0.341 e. The lowest BCUT2D eigenvalue weighted by Crippen LogP contribution is -2.35. The summed E-state index contributed by atoms with van der Waals surface area (Å²) in [6, 6.07) is 0. The van der Waals surface area contributed by atoms with Crippen molar-refractivity contribution in [2.75, 3.05) is 0 Å². The number of halogens is 2. The fourth-order valence-corrected chi connectivity index (χ4v) is 0.502. The molecule has 3 nitrogen and oxygen atoms in total. The molecular formula is C5H6Cl2O3. The maximum absolute atomic E-state index is 10.2. The molecule has 0 heterocycles. The fraction of sp³-hybridized carbons (Fsp3) is 0.400. The van der Waals surface area contributed by atoms with E-state index < -0.39 is 11.6 Å². The van der Waals surface area contributed by atoms with Crippen molar-refractivity contribution in [1.82, 2.24) is 0 Å². The van der Waals surface area contributed by atoms with E-state index >= 15 is 0 Å². The zero-order chi connectivity index (χ0) is 8.36. The molecule has 0 aromatic carbocycles. The van der Waals surface area contributed by atoms with Crippen molar-refractivity contribution in [3.8, 4) is 0 Å². The van der Waals surface area contributed by atoms with Gasteiger partial charge in [-0.1, -0.05) is 23.2 Å². The average Bonchev–Trinajstić information content (AvgIpc) is 1.86. The van der Waals surface area contributed by atoms with Crippen LogP contribution in [0.3, 0.4) is 0 Å². The Morgan fingerprint density at radius 2 is 2.10 bits per heavy atom. The van der Waals surface area contributed by atoms with Crippen LogP contribution in [0.15, 0.2) is 10.6 Å². The van der Waals surface area contributed by atoms with E-state index in [-0.39, 0.29) is 5.03 Å². The zero-order valence-electron chi connectivity index (χ0n) is 5.14. The molecule has 0 spiro atoms. The van der Waals surface area contributed by atoms with E-state index in [4.69, 9.17) is 33.4 Å². The molecular weight excluding hydrogens is 179 g/mol. The molecule has 0 aliphatic rings. The van der Waals surface area contributed by atoms with Gasteiger partial charge in [0.05, 0.1) is 5.03 Å². The third-order valence-electron chi connectivity index (χ3n) is 0.977. The van der Waals surface area contributed by atoms with E-state index in [2.05, 4.69) is 0 Å². The number of carboxylic acid groups (broad SMARTS) is 1. The van der Waals surface area contributed by atoms with E-state index in [0.717, 1.165) is 12.5 Å². The normalized spacial score (nSPS) is 18.2. The molecule has 0 saturated carbocycles. The van der Waals surface area contributed by atoms with Gasteiger partial charge in [0, 0.05) is 5.54 Å². The molecule has 0 bridgehead atoms. The first-order valence-corrected chi connectivity index (χ1v) is 3.16. The van der Waals surface area contributed by atoms with Crippen LogP contribution >= 0.6 is 23.2 Å². The third-order valence-corrected chi connectivity index (χ3v) is 1.78. The number of hydrogen-bond donors (Lipinski definition) is 2. The van der Waals surface area contributed by atoms with Crippen molar-refractivity contribution >= 4 is 29.2 Å². The number of carboxylic acids is 1. The Kier molecular flexibility index (Phi) is 3.15. The van der Waals surface area contributed by atoms with Crippen LogP contribution in [0.1, 0.15) is 6.92 Å². The van der Waals surface area contributed by atoms with Crippen molar-refractivity contribution in [1.29, 1.82) is 0 Å². The van der Waals surface area contributed by atoms with Crippen LogP contribution in [0.5, 0.6) is 0 Å². The predicted molar refractivity (Wildman–Crippen MR) is 38.0 cm³/mol. The molecule has 0 aliphatic heterocycles. The minimum atomic E-state index is -2.08. The molecule has 0 aromatic rings. The summed E-state index contributed by atoms with van der Waals surface area (Å²) in [4.78, 5) is 10.2. The van der Waals surface area contributed by atoms with Gasteiger partial charge in [0.25, 0.3) is 0 Å². The summed E-state index contributed by atoms with van der Waals surface area (Å²) in [5.41, 5.74) is -1.26. The number of carbonyl (C=O) groups is 1. The molecule has 58 valence electrons. The lowest BCUT2D eigenvalue weighted by atomic mass is 10.1. The summed E-state index contributed by atoms with van der Waals surface area (Å²) in [5, 5.41) is 17.0. The summed E-state index contributed by atoms with van der Waals surface area (Å²) >= 11 is 10.3. The topological polar surface area (TPSA) is 57.5 Å². The van der Waals surface area contributed by atoms with E-state index in [9.17, 15) is 4.79 Å².